The van der Waals surface area contributed by atoms with Gasteiger partial charge in [-0.15, -0.1) is 0 Å². The van der Waals surface area contributed by atoms with Crippen LogP contribution in [-0.4, -0.2) is 33.5 Å². The van der Waals surface area contributed by atoms with Gasteiger partial charge in [-0.25, -0.2) is 0 Å². The Balaban J connectivity index is 1.99. The molecule has 5 heteroatoms. The largest absolute Gasteiger partial charge is 0.565 e. The predicted octanol–water partition coefficient (Wildman–Crippen LogP) is 0.337. The van der Waals surface area contributed by atoms with Crippen LogP contribution in [0.3, 0.4) is 0 Å². The second kappa shape index (κ2) is 5.05. The maximum Gasteiger partial charge on any atom is 0.565 e. The van der Waals surface area contributed by atoms with Gasteiger partial charge in [0.05, 0.1) is 0 Å². The summed E-state index contributed by atoms with van der Waals surface area (Å²) in [6.07, 6.45) is 4.13. The summed E-state index contributed by atoms with van der Waals surface area (Å²) in [5.41, 5.74) is 0.903. The third-order valence-electron chi connectivity index (χ3n) is 1.99. The highest BCUT2D eigenvalue weighted by Gasteiger charge is 2.22. The Labute approximate surface area is 71.9 Å². The summed E-state index contributed by atoms with van der Waals surface area (Å²) >= 11 is 0. The normalized spacial score (nSPS) is 19.9. The third-order valence-corrected chi connectivity index (χ3v) is 5.56. The minimum Gasteiger partial charge on any atom is -0.419 e. The molecule has 1 aliphatic rings. The van der Waals surface area contributed by atoms with E-state index in [4.69, 9.17) is 13.0 Å². The van der Waals surface area contributed by atoms with Crippen molar-refractivity contribution >= 4 is 19.3 Å². The summed E-state index contributed by atoms with van der Waals surface area (Å²) in [6.45, 7) is 0. The highest BCUT2D eigenvalue weighted by atomic mass is 28.4. The van der Waals surface area contributed by atoms with Gasteiger partial charge in [-0.3, -0.25) is 0 Å². The van der Waals surface area contributed by atoms with E-state index in [1.807, 2.05) is 0 Å². The van der Waals surface area contributed by atoms with E-state index in [1.165, 1.54) is 19.3 Å². The van der Waals surface area contributed by atoms with Crippen molar-refractivity contribution in [1.29, 1.82) is 0 Å². The molecule has 0 unspecified atom stereocenters. The zero-order valence-corrected chi connectivity index (χ0v) is 9.54. The molecule has 0 aromatic rings. The van der Waals surface area contributed by atoms with Crippen LogP contribution < -0.4 is 0 Å². The molecule has 1 fully saturated rings. The van der Waals surface area contributed by atoms with Crippen molar-refractivity contribution in [2.45, 2.75) is 24.8 Å². The molecule has 0 saturated heterocycles. The molecular weight excluding hydrogens is 176 g/mol. The van der Waals surface area contributed by atoms with Crippen LogP contribution in [0.25, 0.3) is 0 Å². The molecule has 11 heavy (non-hydrogen) atoms. The third kappa shape index (κ3) is 3.04. The molecule has 3 nitrogen and oxygen atoms in total. The molecule has 1 rings (SSSR count). The smallest absolute Gasteiger partial charge is 0.419 e. The minimum atomic E-state index is -1.33. The summed E-state index contributed by atoms with van der Waals surface area (Å²) in [5, 5.41) is 0. The maximum atomic E-state index is 5.54. The lowest BCUT2D eigenvalue weighted by atomic mass is 10.00. The van der Waals surface area contributed by atoms with E-state index in [-0.39, 0.29) is 9.76 Å². The summed E-state index contributed by atoms with van der Waals surface area (Å²) < 4.78 is 15.6. The van der Waals surface area contributed by atoms with Gasteiger partial charge in [0.25, 0.3) is 0 Å². The van der Waals surface area contributed by atoms with E-state index in [0.29, 0.717) is 0 Å². The fourth-order valence-electron chi connectivity index (χ4n) is 1.05. The number of hydrogen-bond donors (Lipinski definition) is 0. The molecular formula is C6H15O3Si2. The lowest BCUT2D eigenvalue weighted by Gasteiger charge is -2.25. The molecule has 65 valence electrons. The van der Waals surface area contributed by atoms with E-state index >= 15 is 0 Å². The SMILES string of the molecule is CO[Si](OC)O[SiH2]C1CCC1. The zero-order chi connectivity index (χ0) is 8.10. The first-order chi connectivity index (χ1) is 5.36. The van der Waals surface area contributed by atoms with Gasteiger partial charge in [0.1, 0.15) is 0 Å². The highest BCUT2D eigenvalue weighted by Crippen LogP contribution is 2.31. The van der Waals surface area contributed by atoms with Crippen molar-refractivity contribution in [3.05, 3.63) is 0 Å². The van der Waals surface area contributed by atoms with Crippen LogP contribution in [0, 0.1) is 0 Å². The van der Waals surface area contributed by atoms with Crippen LogP contribution in [0.2, 0.25) is 5.54 Å². The van der Waals surface area contributed by atoms with Crippen LogP contribution in [0.1, 0.15) is 19.3 Å². The number of hydrogen-bond acceptors (Lipinski definition) is 3. The molecule has 1 saturated carbocycles. The Kier molecular flexibility index (Phi) is 4.31. The van der Waals surface area contributed by atoms with Gasteiger partial charge in [0, 0.05) is 14.2 Å². The van der Waals surface area contributed by atoms with Gasteiger partial charge < -0.3 is 13.0 Å². The Morgan fingerprint density at radius 3 is 2.27 bits per heavy atom. The van der Waals surface area contributed by atoms with Crippen molar-refractivity contribution in [2.75, 3.05) is 14.2 Å². The molecule has 0 spiro atoms. The maximum absolute atomic E-state index is 5.54. The minimum absolute atomic E-state index is 0.352. The molecule has 0 aromatic carbocycles. The monoisotopic (exact) mass is 191 g/mol. The van der Waals surface area contributed by atoms with Crippen molar-refractivity contribution in [3.63, 3.8) is 0 Å². The van der Waals surface area contributed by atoms with Crippen molar-refractivity contribution in [3.8, 4) is 0 Å². The average Bonchev–Trinajstić information content (AvgIpc) is 1.95. The van der Waals surface area contributed by atoms with Gasteiger partial charge in [0.15, 0.2) is 9.76 Å². The second-order valence-electron chi connectivity index (χ2n) is 2.77. The predicted molar refractivity (Wildman–Crippen MR) is 47.0 cm³/mol. The summed E-state index contributed by atoms with van der Waals surface area (Å²) in [6, 6.07) is 0. The van der Waals surface area contributed by atoms with E-state index in [0.717, 1.165) is 5.54 Å². The lowest BCUT2D eigenvalue weighted by molar-refractivity contribution is 0.202. The first-order valence-corrected chi connectivity index (χ1v) is 6.56. The Morgan fingerprint density at radius 1 is 1.27 bits per heavy atom. The van der Waals surface area contributed by atoms with E-state index in [9.17, 15) is 0 Å². The van der Waals surface area contributed by atoms with Crippen molar-refractivity contribution in [1.82, 2.24) is 0 Å². The number of rotatable bonds is 5. The first-order valence-electron chi connectivity index (χ1n) is 3.94. The quantitative estimate of drug-likeness (QED) is 0.586. The van der Waals surface area contributed by atoms with Gasteiger partial charge in [-0.1, -0.05) is 19.3 Å². The summed E-state index contributed by atoms with van der Waals surface area (Å²) in [4.78, 5) is 0. The molecule has 0 N–H and O–H groups in total. The fraction of sp³-hybridized carbons (Fsp3) is 1.00. The van der Waals surface area contributed by atoms with Crippen LogP contribution >= 0.6 is 0 Å². The highest BCUT2D eigenvalue weighted by molar-refractivity contribution is 6.48. The molecule has 0 heterocycles. The molecule has 0 bridgehead atoms. The molecule has 0 atom stereocenters. The lowest BCUT2D eigenvalue weighted by Crippen LogP contribution is -2.29. The summed E-state index contributed by atoms with van der Waals surface area (Å²) in [5.74, 6) is 0. The molecule has 0 aromatic heterocycles. The van der Waals surface area contributed by atoms with Crippen LogP contribution in [0.15, 0.2) is 0 Å². The Bertz CT molecular complexity index is 104. The van der Waals surface area contributed by atoms with Crippen molar-refractivity contribution < 1.29 is 13.0 Å². The van der Waals surface area contributed by atoms with Crippen molar-refractivity contribution in [2.24, 2.45) is 0 Å². The fourth-order valence-corrected chi connectivity index (χ4v) is 4.55. The summed E-state index contributed by atoms with van der Waals surface area (Å²) in [7, 11) is 1.61. The van der Waals surface area contributed by atoms with Crippen LogP contribution in [-0.2, 0) is 13.0 Å². The standard InChI is InChI=1S/C6H15O3Si2/c1-7-11(8-2)9-10-6-4-3-5-6/h6H,3-5,10H2,1-2H3. The van der Waals surface area contributed by atoms with Gasteiger partial charge in [-0.2, -0.15) is 0 Å². The Hall–Kier alpha value is 0.314. The van der Waals surface area contributed by atoms with E-state index < -0.39 is 9.53 Å². The first kappa shape index (κ1) is 9.40. The van der Waals surface area contributed by atoms with E-state index in [1.54, 1.807) is 14.2 Å². The second-order valence-corrected chi connectivity index (χ2v) is 6.73. The molecule has 0 aliphatic heterocycles. The van der Waals surface area contributed by atoms with Crippen LogP contribution in [0.4, 0.5) is 0 Å². The zero-order valence-electron chi connectivity index (χ0n) is 7.13. The van der Waals surface area contributed by atoms with Gasteiger partial charge in [0.2, 0.25) is 0 Å². The molecule has 1 radical (unpaired) electrons. The molecule has 1 aliphatic carbocycles. The topological polar surface area (TPSA) is 27.7 Å². The molecule has 0 amide bonds. The Morgan fingerprint density at radius 2 is 1.91 bits per heavy atom. The average molecular weight is 191 g/mol. The van der Waals surface area contributed by atoms with E-state index in [2.05, 4.69) is 0 Å². The van der Waals surface area contributed by atoms with Gasteiger partial charge >= 0.3 is 9.53 Å². The van der Waals surface area contributed by atoms with Crippen LogP contribution in [0.5, 0.6) is 0 Å². The van der Waals surface area contributed by atoms with Gasteiger partial charge in [-0.05, 0) is 5.54 Å².